The van der Waals surface area contributed by atoms with Crippen molar-refractivity contribution in [3.8, 4) is 5.75 Å². The first-order valence-corrected chi connectivity index (χ1v) is 11.6. The predicted molar refractivity (Wildman–Crippen MR) is 126 cm³/mol. The molecule has 0 aromatic heterocycles. The number of hydrogen-bond donors (Lipinski definition) is 3. The Morgan fingerprint density at radius 1 is 1.26 bits per heavy atom. The van der Waals surface area contributed by atoms with Crippen LogP contribution in [0.5, 0.6) is 5.75 Å². The molecule has 7 nitrogen and oxygen atoms in total. The normalized spacial score (nSPS) is 10.8. The van der Waals surface area contributed by atoms with Gasteiger partial charge in [0.15, 0.2) is 5.11 Å². The van der Waals surface area contributed by atoms with E-state index in [1.807, 2.05) is 6.07 Å². The Morgan fingerprint density at radius 2 is 2.00 bits per heavy atom. The maximum atomic E-state index is 12.7. The van der Waals surface area contributed by atoms with Crippen LogP contribution in [0.4, 0.5) is 0 Å². The molecule has 0 saturated carbocycles. The third-order valence-corrected chi connectivity index (χ3v) is 6.45. The molecule has 166 valence electrons. The van der Waals surface area contributed by atoms with Crippen molar-refractivity contribution in [2.75, 3.05) is 20.7 Å². The summed E-state index contributed by atoms with van der Waals surface area (Å²) < 4.78 is 33.0. The van der Waals surface area contributed by atoms with Gasteiger partial charge in [-0.05, 0) is 60.5 Å². The molecule has 2 aromatic carbocycles. The van der Waals surface area contributed by atoms with Crippen molar-refractivity contribution in [3.05, 3.63) is 70.8 Å². The number of amides is 1. The molecule has 3 N–H and O–H groups in total. The van der Waals surface area contributed by atoms with Gasteiger partial charge in [-0.1, -0.05) is 29.8 Å². The third-order valence-electron chi connectivity index (χ3n) is 4.34. The van der Waals surface area contributed by atoms with Crippen LogP contribution in [0.25, 0.3) is 0 Å². The second-order valence-electron chi connectivity index (χ2n) is 6.47. The van der Waals surface area contributed by atoms with Gasteiger partial charge in [-0.25, -0.2) is 8.42 Å². The molecule has 0 atom stereocenters. The molecule has 0 heterocycles. The third kappa shape index (κ3) is 6.68. The number of carbonyl (C=O) groups is 1. The summed E-state index contributed by atoms with van der Waals surface area (Å²) in [5, 5.41) is 5.81. The summed E-state index contributed by atoms with van der Waals surface area (Å²) in [6, 6.07) is 9.91. The second-order valence-corrected chi connectivity index (χ2v) is 8.97. The molecule has 0 saturated heterocycles. The molecule has 0 aliphatic heterocycles. The zero-order valence-electron chi connectivity index (χ0n) is 17.2. The van der Waals surface area contributed by atoms with Gasteiger partial charge in [-0.2, -0.15) is 0 Å². The summed E-state index contributed by atoms with van der Waals surface area (Å²) in [6.45, 7) is 3.97. The first-order chi connectivity index (χ1) is 14.7. The fourth-order valence-electron chi connectivity index (χ4n) is 2.83. The smallest absolute Gasteiger partial charge is 0.263 e. The highest BCUT2D eigenvalue weighted by molar-refractivity contribution is 7.91. The van der Waals surface area contributed by atoms with Gasteiger partial charge in [0.25, 0.3) is 15.9 Å². The average Bonchev–Trinajstić information content (AvgIpc) is 2.74. The van der Waals surface area contributed by atoms with Crippen molar-refractivity contribution in [3.63, 3.8) is 0 Å². The fraction of sp³-hybridized carbons (Fsp3) is 0.238. The van der Waals surface area contributed by atoms with Crippen LogP contribution in [-0.4, -0.2) is 40.1 Å². The lowest BCUT2D eigenvalue weighted by Crippen LogP contribution is -2.37. The number of benzene rings is 2. The van der Waals surface area contributed by atoms with Crippen molar-refractivity contribution in [1.82, 2.24) is 15.4 Å². The Balaban J connectivity index is 2.17. The van der Waals surface area contributed by atoms with Crippen LogP contribution in [0, 0.1) is 0 Å². The molecule has 31 heavy (non-hydrogen) atoms. The molecule has 10 heteroatoms. The van der Waals surface area contributed by atoms with Gasteiger partial charge in [-0.3, -0.25) is 9.52 Å². The number of allylic oxidation sites excluding steroid dienone is 1. The van der Waals surface area contributed by atoms with Crippen molar-refractivity contribution in [1.29, 1.82) is 0 Å². The Hall–Kier alpha value is -2.62. The number of sulfonamides is 1. The van der Waals surface area contributed by atoms with E-state index in [1.165, 1.54) is 20.2 Å². The maximum Gasteiger partial charge on any atom is 0.263 e. The highest BCUT2D eigenvalue weighted by atomic mass is 35.5. The molecule has 0 spiro atoms. The van der Waals surface area contributed by atoms with E-state index in [-0.39, 0.29) is 22.5 Å². The molecule has 0 aliphatic rings. The largest absolute Gasteiger partial charge is 0.496 e. The van der Waals surface area contributed by atoms with Crippen LogP contribution in [0.15, 0.2) is 53.9 Å². The summed E-state index contributed by atoms with van der Waals surface area (Å²) in [4.78, 5) is 12.6. The number of hydrogen-bond acceptors (Lipinski definition) is 5. The number of thiocarbonyl (C=S) groups is 1. The van der Waals surface area contributed by atoms with E-state index >= 15 is 0 Å². The van der Waals surface area contributed by atoms with Crippen molar-refractivity contribution in [2.24, 2.45) is 0 Å². The zero-order valence-corrected chi connectivity index (χ0v) is 19.6. The van der Waals surface area contributed by atoms with Crippen molar-refractivity contribution >= 4 is 44.9 Å². The van der Waals surface area contributed by atoms with Crippen LogP contribution >= 0.6 is 23.8 Å². The number of carbonyl (C=O) groups excluding carboxylic acids is 1. The minimum absolute atomic E-state index is 0.00214. The van der Waals surface area contributed by atoms with Gasteiger partial charge < -0.3 is 15.4 Å². The van der Waals surface area contributed by atoms with Gasteiger partial charge in [0, 0.05) is 18.6 Å². The highest BCUT2D eigenvalue weighted by Gasteiger charge is 2.20. The Bertz CT molecular complexity index is 1090. The van der Waals surface area contributed by atoms with Crippen molar-refractivity contribution < 1.29 is 17.9 Å². The van der Waals surface area contributed by atoms with E-state index < -0.39 is 10.0 Å². The predicted octanol–water partition coefficient (Wildman–Crippen LogP) is 2.83. The first-order valence-electron chi connectivity index (χ1n) is 9.30. The second kappa shape index (κ2) is 11.1. The lowest BCUT2D eigenvalue weighted by Gasteiger charge is -2.14. The van der Waals surface area contributed by atoms with E-state index in [9.17, 15) is 13.2 Å². The van der Waals surface area contributed by atoms with Crippen LogP contribution in [0.2, 0.25) is 5.02 Å². The molecule has 0 fully saturated rings. The molecule has 2 rings (SSSR count). The maximum absolute atomic E-state index is 12.7. The van der Waals surface area contributed by atoms with Gasteiger partial charge in [0.1, 0.15) is 5.75 Å². The molecule has 2 aromatic rings. The number of nitrogens with one attached hydrogen (secondary N) is 3. The summed E-state index contributed by atoms with van der Waals surface area (Å²) in [5.41, 5.74) is 1.66. The summed E-state index contributed by atoms with van der Waals surface area (Å²) in [5.74, 6) is 0.0761. The molecule has 0 aliphatic carbocycles. The summed E-state index contributed by atoms with van der Waals surface area (Å²) in [6.07, 6.45) is 2.43. The molecule has 0 radical (unpaired) electrons. The monoisotopic (exact) mass is 481 g/mol. The minimum Gasteiger partial charge on any atom is -0.496 e. The van der Waals surface area contributed by atoms with Gasteiger partial charge in [0.05, 0.1) is 17.6 Å². The summed E-state index contributed by atoms with van der Waals surface area (Å²) >= 11 is 10.9. The topological polar surface area (TPSA) is 96.5 Å². The fourth-order valence-corrected chi connectivity index (χ4v) is 4.59. The number of ether oxygens (including phenoxy) is 1. The number of halogens is 1. The average molecular weight is 482 g/mol. The minimum atomic E-state index is -3.87. The molecule has 0 bridgehead atoms. The first kappa shape index (κ1) is 24.6. The van der Waals surface area contributed by atoms with E-state index in [1.54, 1.807) is 30.3 Å². The Morgan fingerprint density at radius 3 is 2.65 bits per heavy atom. The van der Waals surface area contributed by atoms with Crippen LogP contribution < -0.4 is 20.1 Å². The standard InChI is InChI=1S/C21H24ClN3O4S2/c1-4-5-15-7-6-14(12-19(15)31(27,28)25-21(30)23-2)10-11-24-20(26)17-13-16(22)8-9-18(17)29-3/h4,6-9,12-13H,1,5,10-11H2,2-3H3,(H,24,26)(H2,23,25,30). The van der Waals surface area contributed by atoms with Gasteiger partial charge >= 0.3 is 0 Å². The van der Waals surface area contributed by atoms with Crippen molar-refractivity contribution in [2.45, 2.75) is 17.7 Å². The Kier molecular flexibility index (Phi) is 8.85. The van der Waals surface area contributed by atoms with Crippen LogP contribution in [0.1, 0.15) is 21.5 Å². The van der Waals surface area contributed by atoms with Gasteiger partial charge in [-0.15, -0.1) is 6.58 Å². The molecule has 1 amide bonds. The van der Waals surface area contributed by atoms with Gasteiger partial charge in [0.2, 0.25) is 0 Å². The molecule has 0 unspecified atom stereocenters. The summed E-state index contributed by atoms with van der Waals surface area (Å²) in [7, 11) is -0.861. The molecular weight excluding hydrogens is 458 g/mol. The van der Waals surface area contributed by atoms with Crippen LogP contribution in [-0.2, 0) is 22.9 Å². The zero-order chi connectivity index (χ0) is 23.0. The number of methoxy groups -OCH3 is 1. The van der Waals surface area contributed by atoms with Crippen LogP contribution in [0.3, 0.4) is 0 Å². The SMILES string of the molecule is C=CCc1ccc(CCNC(=O)c2cc(Cl)ccc2OC)cc1S(=O)(=O)NC(=S)NC. The van der Waals surface area contributed by atoms with E-state index in [2.05, 4.69) is 21.9 Å². The van der Waals surface area contributed by atoms with E-state index in [0.29, 0.717) is 34.7 Å². The number of rotatable bonds is 9. The quantitative estimate of drug-likeness (QED) is 0.376. The van der Waals surface area contributed by atoms with E-state index in [4.69, 9.17) is 28.6 Å². The highest BCUT2D eigenvalue weighted by Crippen LogP contribution is 2.23. The molecular formula is C21H24ClN3O4S2. The Labute approximate surface area is 192 Å². The lowest BCUT2D eigenvalue weighted by molar-refractivity contribution is 0.0951. The van der Waals surface area contributed by atoms with E-state index in [0.717, 1.165) is 5.56 Å². The lowest BCUT2D eigenvalue weighted by atomic mass is 10.1.